The molecule has 0 aliphatic carbocycles. The minimum atomic E-state index is -4.54. The Morgan fingerprint density at radius 1 is 0.958 bits per heavy atom. The molecule has 0 aliphatic heterocycles. The first-order chi connectivity index (χ1) is 11.4. The van der Waals surface area contributed by atoms with Crippen molar-refractivity contribution < 1.29 is 17.6 Å². The summed E-state index contributed by atoms with van der Waals surface area (Å²) in [5.41, 5.74) is -0.797. The number of alkyl halides is 3. The number of halogens is 4. The highest BCUT2D eigenvalue weighted by molar-refractivity contribution is 7.99. The lowest BCUT2D eigenvalue weighted by atomic mass is 10.2. The molecular formula is C14H9F4N5S. The second-order valence-electron chi connectivity index (χ2n) is 4.70. The van der Waals surface area contributed by atoms with E-state index in [-0.39, 0.29) is 10.6 Å². The standard InChI is InChI=1S/C14H9F4N5S/c1-23-12(8-4-2-3-5-9(8)15)21-22-13(23)24-11-7-6-10(19-20-11)14(16,17)18/h2-7H,1H3. The Morgan fingerprint density at radius 2 is 1.71 bits per heavy atom. The molecule has 0 spiro atoms. The molecule has 0 atom stereocenters. The highest BCUT2D eigenvalue weighted by atomic mass is 32.2. The number of aromatic nitrogens is 5. The van der Waals surface area contributed by atoms with Crippen molar-refractivity contribution in [1.82, 2.24) is 25.0 Å². The van der Waals surface area contributed by atoms with Crippen molar-refractivity contribution in [3.8, 4) is 11.4 Å². The van der Waals surface area contributed by atoms with Crippen molar-refractivity contribution in [2.75, 3.05) is 0 Å². The Hall–Kier alpha value is -2.49. The summed E-state index contributed by atoms with van der Waals surface area (Å²) in [5, 5.41) is 15.1. The summed E-state index contributed by atoms with van der Waals surface area (Å²) in [4.78, 5) is 0. The minimum absolute atomic E-state index is 0.221. The molecule has 0 radical (unpaired) electrons. The normalized spacial score (nSPS) is 11.7. The maximum atomic E-state index is 13.8. The van der Waals surface area contributed by atoms with E-state index in [0.717, 1.165) is 17.8 Å². The number of nitrogens with zero attached hydrogens (tertiary/aromatic N) is 5. The van der Waals surface area contributed by atoms with E-state index < -0.39 is 17.7 Å². The van der Waals surface area contributed by atoms with Gasteiger partial charge in [-0.15, -0.1) is 20.4 Å². The van der Waals surface area contributed by atoms with E-state index >= 15 is 0 Å². The van der Waals surface area contributed by atoms with E-state index in [1.807, 2.05) is 0 Å². The average Bonchev–Trinajstić information content (AvgIpc) is 2.88. The van der Waals surface area contributed by atoms with Gasteiger partial charge in [0.2, 0.25) is 0 Å². The number of hydrogen-bond donors (Lipinski definition) is 0. The Bertz CT molecular complexity index is 860. The van der Waals surface area contributed by atoms with Gasteiger partial charge in [-0.2, -0.15) is 13.2 Å². The van der Waals surface area contributed by atoms with Gasteiger partial charge in [0.1, 0.15) is 10.8 Å². The van der Waals surface area contributed by atoms with Gasteiger partial charge in [0.25, 0.3) is 0 Å². The average molecular weight is 355 g/mol. The Labute approximate surface area is 137 Å². The molecule has 0 bridgehead atoms. The van der Waals surface area contributed by atoms with Crippen LogP contribution in [-0.4, -0.2) is 25.0 Å². The summed E-state index contributed by atoms with van der Waals surface area (Å²) < 4.78 is 52.8. The van der Waals surface area contributed by atoms with Gasteiger partial charge in [-0.05, 0) is 36.0 Å². The van der Waals surface area contributed by atoms with Gasteiger partial charge in [0.15, 0.2) is 16.7 Å². The highest BCUT2D eigenvalue weighted by Crippen LogP contribution is 2.30. The molecule has 0 unspecified atom stereocenters. The van der Waals surface area contributed by atoms with Crippen LogP contribution in [0.15, 0.2) is 46.6 Å². The van der Waals surface area contributed by atoms with Crippen LogP contribution in [0.3, 0.4) is 0 Å². The van der Waals surface area contributed by atoms with Gasteiger partial charge in [0, 0.05) is 7.05 Å². The van der Waals surface area contributed by atoms with Gasteiger partial charge in [-0.25, -0.2) is 4.39 Å². The largest absolute Gasteiger partial charge is 0.435 e. The van der Waals surface area contributed by atoms with E-state index in [4.69, 9.17) is 0 Å². The molecular weight excluding hydrogens is 346 g/mol. The minimum Gasteiger partial charge on any atom is -0.305 e. The van der Waals surface area contributed by atoms with Gasteiger partial charge in [0.05, 0.1) is 5.56 Å². The zero-order valence-electron chi connectivity index (χ0n) is 12.1. The molecule has 0 saturated carbocycles. The number of rotatable bonds is 3. The highest BCUT2D eigenvalue weighted by Gasteiger charge is 2.33. The first-order valence-corrected chi connectivity index (χ1v) is 7.41. The first kappa shape index (κ1) is 16.4. The monoisotopic (exact) mass is 355 g/mol. The molecule has 0 aliphatic rings. The fourth-order valence-electron chi connectivity index (χ4n) is 1.90. The van der Waals surface area contributed by atoms with Crippen LogP contribution in [0, 0.1) is 5.82 Å². The molecule has 0 fully saturated rings. The van der Waals surface area contributed by atoms with E-state index in [1.54, 1.807) is 25.2 Å². The summed E-state index contributed by atoms with van der Waals surface area (Å²) >= 11 is 0.981. The van der Waals surface area contributed by atoms with Crippen molar-refractivity contribution in [2.24, 2.45) is 7.05 Å². The van der Waals surface area contributed by atoms with E-state index in [0.29, 0.717) is 11.0 Å². The molecule has 0 amide bonds. The summed E-state index contributed by atoms with van der Waals surface area (Å²) in [6.07, 6.45) is -4.54. The summed E-state index contributed by atoms with van der Waals surface area (Å²) in [5.74, 6) is -0.144. The summed E-state index contributed by atoms with van der Waals surface area (Å²) in [6.45, 7) is 0. The fourth-order valence-corrected chi connectivity index (χ4v) is 2.61. The first-order valence-electron chi connectivity index (χ1n) is 6.59. The summed E-state index contributed by atoms with van der Waals surface area (Å²) in [6, 6.07) is 8.12. The third kappa shape index (κ3) is 3.23. The van der Waals surface area contributed by atoms with Gasteiger partial charge in [-0.1, -0.05) is 12.1 Å². The van der Waals surface area contributed by atoms with Gasteiger partial charge >= 0.3 is 6.18 Å². The lowest BCUT2D eigenvalue weighted by Gasteiger charge is -2.06. The SMILES string of the molecule is Cn1c(Sc2ccc(C(F)(F)F)nn2)nnc1-c1ccccc1F. The molecule has 10 heteroatoms. The topological polar surface area (TPSA) is 56.5 Å². The van der Waals surface area contributed by atoms with E-state index in [1.165, 1.54) is 16.7 Å². The molecule has 0 N–H and O–H groups in total. The predicted octanol–water partition coefficient (Wildman–Crippen LogP) is 3.58. The lowest BCUT2D eigenvalue weighted by Crippen LogP contribution is -2.08. The zero-order chi connectivity index (χ0) is 17.3. The summed E-state index contributed by atoms with van der Waals surface area (Å²) in [7, 11) is 1.63. The number of benzene rings is 1. The maximum Gasteiger partial charge on any atom is 0.435 e. The van der Waals surface area contributed by atoms with Crippen LogP contribution in [0.5, 0.6) is 0 Å². The van der Waals surface area contributed by atoms with Crippen molar-refractivity contribution >= 4 is 11.8 Å². The smallest absolute Gasteiger partial charge is 0.305 e. The molecule has 24 heavy (non-hydrogen) atoms. The second-order valence-corrected chi connectivity index (χ2v) is 5.69. The fraction of sp³-hybridized carbons (Fsp3) is 0.143. The third-order valence-electron chi connectivity index (χ3n) is 3.08. The predicted molar refractivity (Wildman–Crippen MR) is 77.6 cm³/mol. The second kappa shape index (κ2) is 6.19. The quantitative estimate of drug-likeness (QED) is 0.672. The van der Waals surface area contributed by atoms with Gasteiger partial charge in [-0.3, -0.25) is 0 Å². The molecule has 3 rings (SSSR count). The molecule has 1 aromatic carbocycles. The van der Waals surface area contributed by atoms with Crippen LogP contribution in [0.25, 0.3) is 11.4 Å². The van der Waals surface area contributed by atoms with Crippen LogP contribution >= 0.6 is 11.8 Å². The third-order valence-corrected chi connectivity index (χ3v) is 4.04. The molecule has 124 valence electrons. The van der Waals surface area contributed by atoms with Crippen LogP contribution in [0.1, 0.15) is 5.69 Å². The van der Waals surface area contributed by atoms with Gasteiger partial charge < -0.3 is 4.57 Å². The zero-order valence-corrected chi connectivity index (χ0v) is 12.9. The van der Waals surface area contributed by atoms with E-state index in [2.05, 4.69) is 20.4 Å². The van der Waals surface area contributed by atoms with Crippen molar-refractivity contribution in [3.05, 3.63) is 47.9 Å². The van der Waals surface area contributed by atoms with E-state index in [9.17, 15) is 17.6 Å². The molecule has 0 saturated heterocycles. The van der Waals surface area contributed by atoms with Crippen molar-refractivity contribution in [3.63, 3.8) is 0 Å². The van der Waals surface area contributed by atoms with Crippen LogP contribution in [0.2, 0.25) is 0 Å². The van der Waals surface area contributed by atoms with Crippen LogP contribution < -0.4 is 0 Å². The molecule has 2 heterocycles. The Morgan fingerprint density at radius 3 is 2.33 bits per heavy atom. The van der Waals surface area contributed by atoms with Crippen LogP contribution in [0.4, 0.5) is 17.6 Å². The van der Waals surface area contributed by atoms with Crippen molar-refractivity contribution in [1.29, 1.82) is 0 Å². The lowest BCUT2D eigenvalue weighted by molar-refractivity contribution is -0.141. The maximum absolute atomic E-state index is 13.8. The van der Waals surface area contributed by atoms with Crippen molar-refractivity contribution in [2.45, 2.75) is 16.4 Å². The van der Waals surface area contributed by atoms with Crippen LogP contribution in [-0.2, 0) is 13.2 Å². The molecule has 3 aromatic rings. The molecule has 5 nitrogen and oxygen atoms in total. The number of hydrogen-bond acceptors (Lipinski definition) is 5. The Kier molecular flexibility index (Phi) is 4.22. The molecule has 2 aromatic heterocycles. The Balaban J connectivity index is 1.86.